The van der Waals surface area contributed by atoms with Crippen LogP contribution in [0.5, 0.6) is 0 Å². The molecule has 0 unspecified atom stereocenters. The lowest BCUT2D eigenvalue weighted by Crippen LogP contribution is -2.03. The molecule has 0 atom stereocenters. The van der Waals surface area contributed by atoms with E-state index in [1.165, 1.54) is 19.2 Å². The van der Waals surface area contributed by atoms with Gasteiger partial charge in [-0.1, -0.05) is 13.8 Å². The highest BCUT2D eigenvalue weighted by Gasteiger charge is 2.26. The molecule has 2 aromatic heterocycles. The van der Waals surface area contributed by atoms with Crippen molar-refractivity contribution in [2.75, 3.05) is 12.8 Å². The molecule has 2 aromatic rings. The third-order valence-corrected chi connectivity index (χ3v) is 4.14. The van der Waals surface area contributed by atoms with Crippen LogP contribution in [-0.4, -0.2) is 18.0 Å². The van der Waals surface area contributed by atoms with Crippen molar-refractivity contribution in [3.05, 3.63) is 32.7 Å². The summed E-state index contributed by atoms with van der Waals surface area (Å²) in [5, 5.41) is 10.7. The molecule has 0 aromatic carbocycles. The first-order valence-corrected chi connectivity index (χ1v) is 6.93. The van der Waals surface area contributed by atoms with Crippen molar-refractivity contribution in [3.8, 4) is 10.6 Å². The summed E-state index contributed by atoms with van der Waals surface area (Å²) >= 11 is 1.11. The third-order valence-electron chi connectivity index (χ3n) is 2.93. The lowest BCUT2D eigenvalue weighted by atomic mass is 10.0. The first kappa shape index (κ1) is 15.0. The minimum Gasteiger partial charge on any atom is -0.465 e. The van der Waals surface area contributed by atoms with E-state index in [2.05, 4.69) is 0 Å². The lowest BCUT2D eigenvalue weighted by molar-refractivity contribution is -0.401. The van der Waals surface area contributed by atoms with Gasteiger partial charge in [0.25, 0.3) is 0 Å². The number of nitro groups is 1. The van der Waals surface area contributed by atoms with E-state index in [4.69, 9.17) is 14.9 Å². The summed E-state index contributed by atoms with van der Waals surface area (Å²) in [5.74, 6) is -0.547. The van der Waals surface area contributed by atoms with E-state index >= 15 is 0 Å². The van der Waals surface area contributed by atoms with Crippen LogP contribution in [0.3, 0.4) is 0 Å². The molecule has 0 saturated carbocycles. The van der Waals surface area contributed by atoms with Crippen LogP contribution in [0, 0.1) is 10.1 Å². The van der Waals surface area contributed by atoms with Crippen LogP contribution in [0.4, 0.5) is 11.6 Å². The number of ether oxygens (including phenoxy) is 1. The van der Waals surface area contributed by atoms with Gasteiger partial charge in [-0.15, -0.1) is 11.3 Å². The van der Waals surface area contributed by atoms with Crippen LogP contribution in [0.2, 0.25) is 0 Å². The second-order valence-corrected chi connectivity index (χ2v) is 5.65. The molecule has 2 heterocycles. The molecule has 112 valence electrons. The molecule has 0 aliphatic rings. The number of rotatable bonds is 4. The Balaban J connectivity index is 2.61. The van der Waals surface area contributed by atoms with Gasteiger partial charge in [0.1, 0.15) is 9.80 Å². The number of nitrogens with zero attached hydrogens (tertiary/aromatic N) is 1. The Morgan fingerprint density at radius 3 is 2.62 bits per heavy atom. The summed E-state index contributed by atoms with van der Waals surface area (Å²) in [6.07, 6.45) is 0. The molecule has 2 N–H and O–H groups in total. The Morgan fingerprint density at radius 2 is 2.14 bits per heavy atom. The number of methoxy groups -OCH3 is 1. The number of anilines is 1. The van der Waals surface area contributed by atoms with E-state index in [1.54, 1.807) is 0 Å². The number of hydrogen-bond donors (Lipinski definition) is 1. The normalized spacial score (nSPS) is 10.9. The molecular weight excluding hydrogens is 296 g/mol. The van der Waals surface area contributed by atoms with E-state index in [0.29, 0.717) is 16.3 Å². The molecular formula is C13H14N2O5S. The van der Waals surface area contributed by atoms with Crippen molar-refractivity contribution in [2.45, 2.75) is 19.8 Å². The van der Waals surface area contributed by atoms with Gasteiger partial charge in [-0.05, 0) is 12.0 Å². The predicted molar refractivity (Wildman–Crippen MR) is 78.5 cm³/mol. The van der Waals surface area contributed by atoms with Crippen molar-refractivity contribution in [2.24, 2.45) is 0 Å². The summed E-state index contributed by atoms with van der Waals surface area (Å²) in [6.45, 7) is 3.83. The molecule has 0 radical (unpaired) electrons. The monoisotopic (exact) mass is 310 g/mol. The molecule has 21 heavy (non-hydrogen) atoms. The lowest BCUT2D eigenvalue weighted by Gasteiger charge is -2.07. The van der Waals surface area contributed by atoms with Crippen molar-refractivity contribution >= 4 is 28.9 Å². The molecule has 0 amide bonds. The first-order valence-electron chi connectivity index (χ1n) is 6.11. The van der Waals surface area contributed by atoms with Gasteiger partial charge in [0.05, 0.1) is 23.7 Å². The number of nitrogens with two attached hydrogens (primary N) is 1. The molecule has 2 rings (SSSR count). The van der Waals surface area contributed by atoms with Crippen LogP contribution in [-0.2, 0) is 4.74 Å². The van der Waals surface area contributed by atoms with Gasteiger partial charge in [0.2, 0.25) is 0 Å². The summed E-state index contributed by atoms with van der Waals surface area (Å²) in [4.78, 5) is 22.7. The number of carbonyl (C=O) groups excluding carboxylic acids is 1. The van der Waals surface area contributed by atoms with Crippen LogP contribution in [0.1, 0.15) is 35.0 Å². The highest BCUT2D eigenvalue weighted by molar-refractivity contribution is 7.18. The summed E-state index contributed by atoms with van der Waals surface area (Å²) in [7, 11) is 1.27. The topological polar surface area (TPSA) is 109 Å². The van der Waals surface area contributed by atoms with Gasteiger partial charge >= 0.3 is 11.9 Å². The van der Waals surface area contributed by atoms with Gasteiger partial charge in [0.15, 0.2) is 5.76 Å². The zero-order chi connectivity index (χ0) is 15.7. The largest absolute Gasteiger partial charge is 0.465 e. The van der Waals surface area contributed by atoms with Crippen molar-refractivity contribution < 1.29 is 18.9 Å². The Morgan fingerprint density at radius 1 is 1.48 bits per heavy atom. The fraction of sp³-hybridized carbons (Fsp3) is 0.308. The zero-order valence-electron chi connectivity index (χ0n) is 11.7. The van der Waals surface area contributed by atoms with Crippen LogP contribution >= 0.6 is 11.3 Å². The van der Waals surface area contributed by atoms with Crippen molar-refractivity contribution in [1.82, 2.24) is 0 Å². The van der Waals surface area contributed by atoms with Crippen LogP contribution in [0.25, 0.3) is 10.6 Å². The fourth-order valence-corrected chi connectivity index (χ4v) is 3.26. The van der Waals surface area contributed by atoms with E-state index in [-0.39, 0.29) is 16.7 Å². The molecule has 0 aliphatic carbocycles. The molecule has 8 heteroatoms. The molecule has 0 fully saturated rings. The summed E-state index contributed by atoms with van der Waals surface area (Å²) in [6, 6.07) is 2.77. The van der Waals surface area contributed by atoms with Crippen molar-refractivity contribution in [3.63, 3.8) is 0 Å². The zero-order valence-corrected chi connectivity index (χ0v) is 12.5. The maximum absolute atomic E-state index is 11.7. The Bertz CT molecular complexity index is 701. The minimum atomic E-state index is -0.614. The standard InChI is InChI=1S/C13H14N2O5S/c1-6(2)9-10(14)12(13(16)19-3)21-11(9)7-4-5-8(20-7)15(17)18/h4-6H,14H2,1-3H3. The molecule has 0 bridgehead atoms. The molecule has 0 spiro atoms. The van der Waals surface area contributed by atoms with Gasteiger partial charge in [-0.25, -0.2) is 4.79 Å². The SMILES string of the molecule is COC(=O)c1sc(-c2ccc([N+](=O)[O-])o2)c(C(C)C)c1N. The average Bonchev–Trinajstić information content (AvgIpc) is 3.01. The summed E-state index contributed by atoms with van der Waals surface area (Å²) in [5.41, 5.74) is 7.08. The number of hydrogen-bond acceptors (Lipinski definition) is 7. The maximum Gasteiger partial charge on any atom is 0.433 e. The van der Waals surface area contributed by atoms with Crippen molar-refractivity contribution in [1.29, 1.82) is 0 Å². The Hall–Kier alpha value is -2.35. The number of esters is 1. The second-order valence-electron chi connectivity index (χ2n) is 4.63. The van der Waals surface area contributed by atoms with Crippen LogP contribution in [0.15, 0.2) is 16.5 Å². The minimum absolute atomic E-state index is 0.0267. The smallest absolute Gasteiger partial charge is 0.433 e. The highest BCUT2D eigenvalue weighted by atomic mass is 32.1. The van der Waals surface area contributed by atoms with E-state index in [9.17, 15) is 14.9 Å². The molecule has 7 nitrogen and oxygen atoms in total. The first-order chi connectivity index (χ1) is 9.86. The predicted octanol–water partition coefficient (Wildman–Crippen LogP) is 3.41. The van der Waals surface area contributed by atoms with E-state index in [0.717, 1.165) is 16.9 Å². The molecule has 0 saturated heterocycles. The Labute approximate surface area is 124 Å². The van der Waals surface area contributed by atoms with Gasteiger partial charge in [-0.2, -0.15) is 0 Å². The highest BCUT2D eigenvalue weighted by Crippen LogP contribution is 2.44. The number of thiophene rings is 1. The quantitative estimate of drug-likeness (QED) is 0.526. The fourth-order valence-electron chi connectivity index (χ4n) is 2.01. The van der Waals surface area contributed by atoms with Gasteiger partial charge < -0.3 is 14.9 Å². The van der Waals surface area contributed by atoms with E-state index < -0.39 is 10.9 Å². The number of furan rings is 1. The molecule has 0 aliphatic heterocycles. The van der Waals surface area contributed by atoms with Gasteiger partial charge in [-0.3, -0.25) is 10.1 Å². The van der Waals surface area contributed by atoms with E-state index in [1.807, 2.05) is 13.8 Å². The Kier molecular flexibility index (Phi) is 3.99. The maximum atomic E-state index is 11.7. The summed E-state index contributed by atoms with van der Waals surface area (Å²) < 4.78 is 9.90. The third kappa shape index (κ3) is 2.62. The average molecular weight is 310 g/mol. The van der Waals surface area contributed by atoms with Crippen LogP contribution < -0.4 is 5.73 Å². The second kappa shape index (κ2) is 5.57. The number of nitrogen functional groups attached to an aromatic ring is 1. The number of carbonyl (C=O) groups is 1. The van der Waals surface area contributed by atoms with Gasteiger partial charge in [0, 0.05) is 5.56 Å².